The Balaban J connectivity index is 1.86. The van der Waals surface area contributed by atoms with Gasteiger partial charge in [0, 0.05) is 17.3 Å². The molecule has 0 unspecified atom stereocenters. The van der Waals surface area contributed by atoms with Crippen molar-refractivity contribution < 1.29 is 14.3 Å². The summed E-state index contributed by atoms with van der Waals surface area (Å²) in [5.74, 6) is 1.88. The minimum Gasteiger partial charge on any atom is -0.494 e. The minimum absolute atomic E-state index is 0.148. The van der Waals surface area contributed by atoms with Crippen LogP contribution in [0.1, 0.15) is 56.8 Å². The van der Waals surface area contributed by atoms with Gasteiger partial charge in [-0.1, -0.05) is 46.1 Å². The molecule has 1 N–H and O–H groups in total. The molecule has 27 heavy (non-hydrogen) atoms. The molecular weight excluding hydrogens is 338 g/mol. The fraction of sp³-hybridized carbons (Fsp3) is 0.435. The zero-order valence-corrected chi connectivity index (χ0v) is 16.7. The highest BCUT2D eigenvalue weighted by molar-refractivity contribution is 6.04. The van der Waals surface area contributed by atoms with Crippen LogP contribution in [-0.4, -0.2) is 19.1 Å². The van der Waals surface area contributed by atoms with E-state index >= 15 is 0 Å². The molecule has 0 atom stereocenters. The second-order valence-corrected chi connectivity index (χ2v) is 7.12. The van der Waals surface area contributed by atoms with Crippen LogP contribution in [0.2, 0.25) is 0 Å². The summed E-state index contributed by atoms with van der Waals surface area (Å²) in [6.45, 7) is 7.76. The molecule has 1 amide bonds. The van der Waals surface area contributed by atoms with Crippen LogP contribution in [0, 0.1) is 5.92 Å². The van der Waals surface area contributed by atoms with Crippen LogP contribution in [0.4, 0.5) is 5.69 Å². The maximum atomic E-state index is 12.4. The van der Waals surface area contributed by atoms with Crippen LogP contribution < -0.4 is 14.8 Å². The number of unbranched alkanes of at least 4 members (excludes halogenated alkanes) is 3. The molecule has 0 spiro atoms. The van der Waals surface area contributed by atoms with Gasteiger partial charge in [0.05, 0.1) is 13.2 Å². The molecule has 2 rings (SSSR count). The van der Waals surface area contributed by atoms with Crippen LogP contribution >= 0.6 is 0 Å². The Labute approximate surface area is 162 Å². The fourth-order valence-corrected chi connectivity index (χ4v) is 2.55. The lowest BCUT2D eigenvalue weighted by molar-refractivity contribution is 0.102. The van der Waals surface area contributed by atoms with Gasteiger partial charge in [0.15, 0.2) is 0 Å². The van der Waals surface area contributed by atoms with Gasteiger partial charge >= 0.3 is 0 Å². The summed E-state index contributed by atoms with van der Waals surface area (Å²) in [5.41, 5.74) is 1.32. The van der Waals surface area contributed by atoms with Gasteiger partial charge in [-0.05, 0) is 48.7 Å². The first-order valence-electron chi connectivity index (χ1n) is 9.85. The number of hydrogen-bond donors (Lipinski definition) is 1. The number of ether oxygens (including phenoxy) is 2. The molecule has 4 heteroatoms. The van der Waals surface area contributed by atoms with Crippen molar-refractivity contribution in [2.45, 2.75) is 46.5 Å². The van der Waals surface area contributed by atoms with E-state index in [4.69, 9.17) is 9.47 Å². The Hall–Kier alpha value is -2.49. The Morgan fingerprint density at radius 1 is 0.963 bits per heavy atom. The molecule has 0 radical (unpaired) electrons. The maximum Gasteiger partial charge on any atom is 0.255 e. The topological polar surface area (TPSA) is 47.6 Å². The summed E-state index contributed by atoms with van der Waals surface area (Å²) < 4.78 is 11.4. The van der Waals surface area contributed by atoms with E-state index in [0.29, 0.717) is 24.7 Å². The van der Waals surface area contributed by atoms with Gasteiger partial charge in [-0.2, -0.15) is 0 Å². The zero-order valence-electron chi connectivity index (χ0n) is 16.7. The van der Waals surface area contributed by atoms with Crippen molar-refractivity contribution in [1.82, 2.24) is 0 Å². The average Bonchev–Trinajstić information content (AvgIpc) is 2.67. The van der Waals surface area contributed by atoms with E-state index in [1.807, 2.05) is 36.4 Å². The lowest BCUT2D eigenvalue weighted by Gasteiger charge is -2.11. The molecule has 0 saturated carbocycles. The molecule has 0 aliphatic carbocycles. The van der Waals surface area contributed by atoms with Gasteiger partial charge in [-0.3, -0.25) is 4.79 Å². The van der Waals surface area contributed by atoms with Gasteiger partial charge in [-0.25, -0.2) is 0 Å². The minimum atomic E-state index is -0.148. The van der Waals surface area contributed by atoms with Crippen molar-refractivity contribution in [3.05, 3.63) is 54.1 Å². The van der Waals surface area contributed by atoms with Crippen LogP contribution in [0.25, 0.3) is 0 Å². The van der Waals surface area contributed by atoms with Crippen LogP contribution in [0.5, 0.6) is 11.5 Å². The number of amides is 1. The van der Waals surface area contributed by atoms with E-state index < -0.39 is 0 Å². The highest BCUT2D eigenvalue weighted by Crippen LogP contribution is 2.19. The van der Waals surface area contributed by atoms with Gasteiger partial charge in [-0.15, -0.1) is 0 Å². The first kappa shape index (κ1) is 20.8. The lowest BCUT2D eigenvalue weighted by atomic mass is 10.2. The SMILES string of the molecule is CCCCCCOc1cccc(NC(=O)c2ccc(OCC(C)C)cc2)c1. The Morgan fingerprint density at radius 2 is 1.74 bits per heavy atom. The van der Waals surface area contributed by atoms with E-state index in [1.54, 1.807) is 12.1 Å². The van der Waals surface area contributed by atoms with Gasteiger partial charge in [0.2, 0.25) is 0 Å². The van der Waals surface area contributed by atoms with E-state index in [2.05, 4.69) is 26.1 Å². The van der Waals surface area contributed by atoms with Gasteiger partial charge in [0.25, 0.3) is 5.91 Å². The number of carbonyl (C=O) groups excluding carboxylic acids is 1. The summed E-state index contributed by atoms with van der Waals surface area (Å²) in [6.07, 6.45) is 4.69. The molecule has 0 fully saturated rings. The summed E-state index contributed by atoms with van der Waals surface area (Å²) >= 11 is 0. The third-order valence-corrected chi connectivity index (χ3v) is 4.06. The van der Waals surface area contributed by atoms with Gasteiger partial charge in [0.1, 0.15) is 11.5 Å². The largest absolute Gasteiger partial charge is 0.494 e. The number of benzene rings is 2. The molecule has 0 heterocycles. The van der Waals surface area contributed by atoms with Crippen molar-refractivity contribution in [2.24, 2.45) is 5.92 Å². The van der Waals surface area contributed by atoms with Gasteiger partial charge < -0.3 is 14.8 Å². The van der Waals surface area contributed by atoms with Crippen LogP contribution in [-0.2, 0) is 0 Å². The molecule has 2 aromatic carbocycles. The molecule has 0 aromatic heterocycles. The number of hydrogen-bond acceptors (Lipinski definition) is 3. The average molecular weight is 370 g/mol. The third kappa shape index (κ3) is 7.73. The number of carbonyl (C=O) groups is 1. The summed E-state index contributed by atoms with van der Waals surface area (Å²) in [5, 5.41) is 2.92. The molecule has 4 nitrogen and oxygen atoms in total. The van der Waals surface area contributed by atoms with E-state index in [9.17, 15) is 4.79 Å². The Kier molecular flexibility index (Phi) is 8.69. The van der Waals surface area contributed by atoms with Crippen molar-refractivity contribution >= 4 is 11.6 Å². The standard InChI is InChI=1S/C23H31NO3/c1-4-5-6-7-15-26-22-10-8-9-20(16-22)24-23(25)19-11-13-21(14-12-19)27-17-18(2)3/h8-14,16,18H,4-7,15,17H2,1-3H3,(H,24,25). The number of anilines is 1. The van der Waals surface area contributed by atoms with Crippen molar-refractivity contribution in [2.75, 3.05) is 18.5 Å². The third-order valence-electron chi connectivity index (χ3n) is 4.06. The summed E-state index contributed by atoms with van der Waals surface area (Å²) in [4.78, 5) is 12.4. The first-order chi connectivity index (χ1) is 13.1. The van der Waals surface area contributed by atoms with Crippen LogP contribution in [0.3, 0.4) is 0 Å². The van der Waals surface area contributed by atoms with E-state index in [0.717, 1.165) is 23.6 Å². The molecule has 146 valence electrons. The quantitative estimate of drug-likeness (QED) is 0.499. The van der Waals surface area contributed by atoms with Crippen molar-refractivity contribution in [3.63, 3.8) is 0 Å². The van der Waals surface area contributed by atoms with Crippen molar-refractivity contribution in [1.29, 1.82) is 0 Å². The normalized spacial score (nSPS) is 10.7. The number of nitrogens with one attached hydrogen (secondary N) is 1. The van der Waals surface area contributed by atoms with E-state index in [1.165, 1.54) is 19.3 Å². The zero-order chi connectivity index (χ0) is 19.5. The van der Waals surface area contributed by atoms with E-state index in [-0.39, 0.29) is 5.91 Å². The maximum absolute atomic E-state index is 12.4. The number of rotatable bonds is 11. The predicted molar refractivity (Wildman–Crippen MR) is 111 cm³/mol. The molecule has 0 aliphatic heterocycles. The lowest BCUT2D eigenvalue weighted by Crippen LogP contribution is -2.12. The summed E-state index contributed by atoms with van der Waals surface area (Å²) in [6, 6.07) is 14.7. The van der Waals surface area contributed by atoms with Crippen molar-refractivity contribution in [3.8, 4) is 11.5 Å². The second-order valence-electron chi connectivity index (χ2n) is 7.12. The van der Waals surface area contributed by atoms with Crippen LogP contribution in [0.15, 0.2) is 48.5 Å². The highest BCUT2D eigenvalue weighted by atomic mass is 16.5. The molecule has 2 aromatic rings. The highest BCUT2D eigenvalue weighted by Gasteiger charge is 2.07. The first-order valence-corrected chi connectivity index (χ1v) is 9.85. The Morgan fingerprint density at radius 3 is 2.44 bits per heavy atom. The predicted octanol–water partition coefficient (Wildman–Crippen LogP) is 5.93. The monoisotopic (exact) mass is 369 g/mol. The smallest absolute Gasteiger partial charge is 0.255 e. The molecule has 0 bridgehead atoms. The molecule has 0 aliphatic rings. The fourth-order valence-electron chi connectivity index (χ4n) is 2.55. The Bertz CT molecular complexity index is 695. The molecule has 0 saturated heterocycles. The second kappa shape index (κ2) is 11.3. The molecular formula is C23H31NO3. The summed E-state index contributed by atoms with van der Waals surface area (Å²) in [7, 11) is 0.